The van der Waals surface area contributed by atoms with Crippen LogP contribution in [0, 0.1) is 0 Å². The molecule has 0 aliphatic rings. The molecular formula is C25H37N3O6S. The van der Waals surface area contributed by atoms with Crippen molar-refractivity contribution in [3.8, 4) is 0 Å². The van der Waals surface area contributed by atoms with Gasteiger partial charge in [-0.1, -0.05) is 37.8 Å². The van der Waals surface area contributed by atoms with Crippen LogP contribution in [0.2, 0.25) is 0 Å². The van der Waals surface area contributed by atoms with Crippen molar-refractivity contribution in [3.05, 3.63) is 42.0 Å². The maximum Gasteiger partial charge on any atom is 0.408 e. The fraction of sp³-hybridized carbons (Fsp3) is 0.520. The molecule has 0 saturated heterocycles. The first-order valence-electron chi connectivity index (χ1n) is 11.4. The quantitative estimate of drug-likeness (QED) is 0.313. The van der Waals surface area contributed by atoms with Gasteiger partial charge in [-0.2, -0.15) is 12.6 Å². The van der Waals surface area contributed by atoms with E-state index in [-0.39, 0.29) is 12.3 Å². The number of hydrogen-bond acceptors (Lipinski definition) is 7. The minimum atomic E-state index is -1.09. The van der Waals surface area contributed by atoms with Gasteiger partial charge < -0.3 is 25.0 Å². The molecule has 0 heterocycles. The number of amides is 3. The molecule has 0 fully saturated rings. The lowest BCUT2D eigenvalue weighted by molar-refractivity contribution is -0.146. The Kier molecular flexibility index (Phi) is 11.8. The number of nitrogens with one attached hydrogen (secondary N) is 2. The highest BCUT2D eigenvalue weighted by Crippen LogP contribution is 2.27. The molecule has 3 atom stereocenters. The van der Waals surface area contributed by atoms with Crippen LogP contribution in [0.15, 0.2) is 30.8 Å². The van der Waals surface area contributed by atoms with E-state index >= 15 is 0 Å². The number of carbonyl (C=O) groups is 4. The molecule has 0 bridgehead atoms. The van der Waals surface area contributed by atoms with Crippen molar-refractivity contribution >= 4 is 42.6 Å². The van der Waals surface area contributed by atoms with Gasteiger partial charge in [0.15, 0.2) is 0 Å². The third-order valence-electron chi connectivity index (χ3n) is 5.12. The molecule has 2 N–H and O–H groups in total. The summed E-state index contributed by atoms with van der Waals surface area (Å²) >= 11 is 4.26. The third-order valence-corrected chi connectivity index (χ3v) is 5.48. The molecule has 3 unspecified atom stereocenters. The number of benzene rings is 1. The summed E-state index contributed by atoms with van der Waals surface area (Å²) in [4.78, 5) is 52.6. The molecule has 35 heavy (non-hydrogen) atoms. The minimum Gasteiger partial charge on any atom is -0.468 e. The minimum absolute atomic E-state index is 0.0196. The van der Waals surface area contributed by atoms with Crippen LogP contribution in [0.4, 0.5) is 4.79 Å². The van der Waals surface area contributed by atoms with Gasteiger partial charge in [-0.15, -0.1) is 0 Å². The highest BCUT2D eigenvalue weighted by Gasteiger charge is 2.38. The second kappa shape index (κ2) is 13.8. The molecule has 0 aliphatic carbocycles. The van der Waals surface area contributed by atoms with Gasteiger partial charge in [0.25, 0.3) is 0 Å². The molecule has 0 radical (unpaired) electrons. The monoisotopic (exact) mass is 507 g/mol. The lowest BCUT2D eigenvalue weighted by atomic mass is 9.98. The van der Waals surface area contributed by atoms with Gasteiger partial charge in [-0.3, -0.25) is 14.4 Å². The summed E-state index contributed by atoms with van der Waals surface area (Å²) in [5.41, 5.74) is 0.516. The number of alkyl carbamates (subject to hydrolysis) is 1. The molecule has 0 aliphatic heterocycles. The number of thiol groups is 1. The van der Waals surface area contributed by atoms with E-state index in [0.717, 1.165) is 5.56 Å². The molecule has 194 valence electrons. The summed E-state index contributed by atoms with van der Waals surface area (Å²) in [5.74, 6) is -1.73. The van der Waals surface area contributed by atoms with E-state index in [1.54, 1.807) is 52.0 Å². The first-order valence-corrected chi connectivity index (χ1v) is 12.0. The zero-order valence-electron chi connectivity index (χ0n) is 21.3. The van der Waals surface area contributed by atoms with Crippen LogP contribution in [0.1, 0.15) is 58.2 Å². The molecule has 0 saturated carbocycles. The zero-order valence-corrected chi connectivity index (χ0v) is 22.2. The number of ether oxygens (including phenoxy) is 2. The Labute approximate surface area is 213 Å². The van der Waals surface area contributed by atoms with E-state index in [9.17, 15) is 19.2 Å². The van der Waals surface area contributed by atoms with Crippen molar-refractivity contribution in [1.29, 1.82) is 0 Å². The summed E-state index contributed by atoms with van der Waals surface area (Å²) in [6, 6.07) is 4.48. The maximum absolute atomic E-state index is 13.8. The van der Waals surface area contributed by atoms with Crippen molar-refractivity contribution in [1.82, 2.24) is 15.5 Å². The Morgan fingerprint density at radius 2 is 1.89 bits per heavy atom. The van der Waals surface area contributed by atoms with Crippen LogP contribution in [-0.2, 0) is 23.9 Å². The molecule has 0 aromatic heterocycles. The standard InChI is InChI=1S/C25H37N3O6S/c1-8-16(3)28(23(31)19(15-35)27-24(32)34-25(4,5)6)21(22(30)26-14-20(29)33-7)18-12-10-11-17(9-2)13-18/h9-13,16,19,21,35H,2,8,14-15H2,1,3-7H3,(H,26,30)(H,27,32). The molecular weight excluding hydrogens is 470 g/mol. The number of hydrogen-bond donors (Lipinski definition) is 3. The Balaban J connectivity index is 3.47. The first kappa shape index (κ1) is 30.0. The Bertz CT molecular complexity index is 915. The van der Waals surface area contributed by atoms with Crippen molar-refractivity contribution in [2.24, 2.45) is 0 Å². The van der Waals surface area contributed by atoms with Crippen LogP contribution in [0.3, 0.4) is 0 Å². The molecule has 3 amide bonds. The van der Waals surface area contributed by atoms with Gasteiger partial charge in [-0.05, 0) is 51.3 Å². The van der Waals surface area contributed by atoms with Crippen LogP contribution in [0.5, 0.6) is 0 Å². The van der Waals surface area contributed by atoms with E-state index in [1.165, 1.54) is 12.0 Å². The van der Waals surface area contributed by atoms with Crippen LogP contribution in [0.25, 0.3) is 6.08 Å². The Hall–Kier alpha value is -3.01. The Morgan fingerprint density at radius 1 is 1.23 bits per heavy atom. The highest BCUT2D eigenvalue weighted by molar-refractivity contribution is 7.80. The fourth-order valence-electron chi connectivity index (χ4n) is 3.23. The normalized spacial score (nSPS) is 13.6. The van der Waals surface area contributed by atoms with Gasteiger partial charge in [0.05, 0.1) is 7.11 Å². The number of methoxy groups -OCH3 is 1. The molecule has 1 rings (SSSR count). The van der Waals surface area contributed by atoms with Crippen molar-refractivity contribution < 1.29 is 28.7 Å². The van der Waals surface area contributed by atoms with Gasteiger partial charge in [0, 0.05) is 11.8 Å². The van der Waals surface area contributed by atoms with E-state index in [4.69, 9.17) is 4.74 Å². The molecule has 9 nitrogen and oxygen atoms in total. The summed E-state index contributed by atoms with van der Waals surface area (Å²) in [7, 11) is 1.22. The summed E-state index contributed by atoms with van der Waals surface area (Å²) in [6.45, 7) is 12.2. The molecule has 0 spiro atoms. The van der Waals surface area contributed by atoms with E-state index in [0.29, 0.717) is 12.0 Å². The van der Waals surface area contributed by atoms with Crippen molar-refractivity contribution in [2.45, 2.75) is 64.8 Å². The van der Waals surface area contributed by atoms with Crippen LogP contribution >= 0.6 is 12.6 Å². The Morgan fingerprint density at radius 3 is 2.40 bits per heavy atom. The summed E-state index contributed by atoms with van der Waals surface area (Å²) < 4.78 is 9.91. The predicted molar refractivity (Wildman–Crippen MR) is 138 cm³/mol. The number of carbonyl (C=O) groups excluding carboxylic acids is 4. The second-order valence-electron chi connectivity index (χ2n) is 8.95. The smallest absolute Gasteiger partial charge is 0.408 e. The molecule has 1 aromatic carbocycles. The lowest BCUT2D eigenvalue weighted by Crippen LogP contribution is -2.56. The molecule has 10 heteroatoms. The van der Waals surface area contributed by atoms with E-state index in [1.807, 2.05) is 13.0 Å². The number of nitrogens with zero attached hydrogens (tertiary/aromatic N) is 1. The zero-order chi connectivity index (χ0) is 26.8. The van der Waals surface area contributed by atoms with Gasteiger partial charge in [-0.25, -0.2) is 4.79 Å². The average Bonchev–Trinajstić information content (AvgIpc) is 2.81. The molecule has 1 aromatic rings. The first-order chi connectivity index (χ1) is 16.4. The van der Waals surface area contributed by atoms with Crippen LogP contribution < -0.4 is 10.6 Å². The van der Waals surface area contributed by atoms with Crippen molar-refractivity contribution in [3.63, 3.8) is 0 Å². The SMILES string of the molecule is C=Cc1cccc(C(C(=O)NCC(=O)OC)N(C(=O)C(CS)NC(=O)OC(C)(C)C)C(C)CC)c1. The number of esters is 1. The largest absolute Gasteiger partial charge is 0.468 e. The third kappa shape index (κ3) is 9.28. The van der Waals surface area contributed by atoms with Gasteiger partial charge in [0.2, 0.25) is 11.8 Å². The van der Waals surface area contributed by atoms with E-state index in [2.05, 4.69) is 34.6 Å². The maximum atomic E-state index is 13.8. The van der Waals surface area contributed by atoms with Crippen molar-refractivity contribution in [2.75, 3.05) is 19.4 Å². The summed E-state index contributed by atoms with van der Waals surface area (Å²) in [6.07, 6.45) is 1.39. The average molecular weight is 508 g/mol. The number of rotatable bonds is 11. The highest BCUT2D eigenvalue weighted by atomic mass is 32.1. The lowest BCUT2D eigenvalue weighted by Gasteiger charge is -2.38. The van der Waals surface area contributed by atoms with Gasteiger partial charge >= 0.3 is 12.1 Å². The second-order valence-corrected chi connectivity index (χ2v) is 9.32. The van der Waals surface area contributed by atoms with E-state index < -0.39 is 47.6 Å². The van der Waals surface area contributed by atoms with Gasteiger partial charge in [0.1, 0.15) is 24.2 Å². The topological polar surface area (TPSA) is 114 Å². The van der Waals surface area contributed by atoms with Crippen LogP contribution in [-0.4, -0.2) is 65.9 Å². The predicted octanol–water partition coefficient (Wildman–Crippen LogP) is 3.11. The summed E-state index contributed by atoms with van der Waals surface area (Å²) in [5, 5.41) is 5.11. The fourth-order valence-corrected chi connectivity index (χ4v) is 3.48.